The summed E-state index contributed by atoms with van der Waals surface area (Å²) in [5, 5.41) is 7.32. The summed E-state index contributed by atoms with van der Waals surface area (Å²) in [5.74, 6) is 0.0995. The molecule has 0 bridgehead atoms. The number of rotatable bonds is 7. The number of nitrogens with one attached hydrogen (secondary N) is 1. The van der Waals surface area contributed by atoms with Gasteiger partial charge in [0.05, 0.1) is 29.7 Å². The number of nitrogens with zero attached hydrogens (tertiary/aromatic N) is 5. The van der Waals surface area contributed by atoms with E-state index in [4.69, 9.17) is 16.6 Å². The quantitative estimate of drug-likeness (QED) is 0.310. The van der Waals surface area contributed by atoms with Gasteiger partial charge in [0.15, 0.2) is 5.78 Å². The number of ketones is 1. The molecule has 4 heterocycles. The molecule has 0 saturated carbocycles. The second-order valence-corrected chi connectivity index (χ2v) is 9.82. The number of imidazole rings is 1. The molecule has 3 aromatic heterocycles. The van der Waals surface area contributed by atoms with E-state index in [1.165, 1.54) is 5.56 Å². The van der Waals surface area contributed by atoms with E-state index in [1.807, 2.05) is 30.3 Å². The predicted molar refractivity (Wildman–Crippen MR) is 146 cm³/mol. The zero-order valence-corrected chi connectivity index (χ0v) is 21.1. The minimum Gasteiger partial charge on any atom is -0.301 e. The van der Waals surface area contributed by atoms with Crippen molar-refractivity contribution in [3.8, 4) is 22.4 Å². The molecular formula is C29H27ClN6O. The minimum absolute atomic E-state index is 0.0995. The van der Waals surface area contributed by atoms with Crippen molar-refractivity contribution in [2.24, 2.45) is 0 Å². The number of aromatic nitrogens is 4. The van der Waals surface area contributed by atoms with Gasteiger partial charge in [-0.25, -0.2) is 4.98 Å². The number of piperazine rings is 1. The van der Waals surface area contributed by atoms with E-state index < -0.39 is 0 Å². The normalized spacial score (nSPS) is 14.8. The van der Waals surface area contributed by atoms with Gasteiger partial charge in [-0.05, 0) is 35.4 Å². The standard InChI is InChI=1S/C29H27ClN6O/c30-25-9-6-22(7-10-25)29-26(36-18-23(8-11-28(36)33-29)21-4-2-1-3-5-21)19-34-12-14-35(15-13-34)20-27(37)24-16-31-32-17-24/h1-11,16-18H,12-15,19-20H2,(H,31,32). The monoisotopic (exact) mass is 510 g/mol. The van der Waals surface area contributed by atoms with Gasteiger partial charge in [0.2, 0.25) is 0 Å². The Hall–Kier alpha value is -3.78. The maximum Gasteiger partial charge on any atom is 0.179 e. The summed E-state index contributed by atoms with van der Waals surface area (Å²) < 4.78 is 2.22. The van der Waals surface area contributed by atoms with Crippen LogP contribution in [-0.2, 0) is 6.54 Å². The van der Waals surface area contributed by atoms with Crippen LogP contribution in [0.1, 0.15) is 16.1 Å². The summed E-state index contributed by atoms with van der Waals surface area (Å²) in [7, 11) is 0. The maximum atomic E-state index is 12.5. The van der Waals surface area contributed by atoms with Crippen molar-refractivity contribution in [2.45, 2.75) is 6.54 Å². The third-order valence-corrected chi connectivity index (χ3v) is 7.22. The highest BCUT2D eigenvalue weighted by molar-refractivity contribution is 6.30. The van der Waals surface area contributed by atoms with E-state index in [2.05, 4.69) is 67.0 Å². The number of hydrogen-bond acceptors (Lipinski definition) is 5. The molecule has 1 aliphatic rings. The van der Waals surface area contributed by atoms with Crippen LogP contribution >= 0.6 is 11.6 Å². The van der Waals surface area contributed by atoms with Gasteiger partial charge in [-0.15, -0.1) is 0 Å². The average molecular weight is 511 g/mol. The van der Waals surface area contributed by atoms with Gasteiger partial charge in [-0.3, -0.25) is 19.7 Å². The topological polar surface area (TPSA) is 69.5 Å². The summed E-state index contributed by atoms with van der Waals surface area (Å²) in [4.78, 5) is 22.2. The molecular weight excluding hydrogens is 484 g/mol. The van der Waals surface area contributed by atoms with Crippen LogP contribution in [0, 0.1) is 0 Å². The summed E-state index contributed by atoms with van der Waals surface area (Å²) in [6, 6.07) is 22.5. The fourth-order valence-corrected chi connectivity index (χ4v) is 5.03. The Morgan fingerprint density at radius 3 is 2.32 bits per heavy atom. The first-order chi connectivity index (χ1) is 18.1. The van der Waals surface area contributed by atoms with Gasteiger partial charge in [0, 0.05) is 55.7 Å². The lowest BCUT2D eigenvalue weighted by Crippen LogP contribution is -2.47. The summed E-state index contributed by atoms with van der Waals surface area (Å²) in [5.41, 5.74) is 7.05. The minimum atomic E-state index is 0.0995. The van der Waals surface area contributed by atoms with Gasteiger partial charge in [-0.1, -0.05) is 54.1 Å². The fraction of sp³-hybridized carbons (Fsp3) is 0.207. The van der Waals surface area contributed by atoms with Crippen LogP contribution < -0.4 is 0 Å². The van der Waals surface area contributed by atoms with E-state index in [-0.39, 0.29) is 5.78 Å². The molecule has 2 aromatic carbocycles. The van der Waals surface area contributed by atoms with E-state index >= 15 is 0 Å². The van der Waals surface area contributed by atoms with Crippen LogP contribution in [-0.4, -0.2) is 67.9 Å². The van der Waals surface area contributed by atoms with Crippen LogP contribution in [0.3, 0.4) is 0 Å². The lowest BCUT2D eigenvalue weighted by atomic mass is 10.1. The first-order valence-electron chi connectivity index (χ1n) is 12.4. The van der Waals surface area contributed by atoms with Crippen molar-refractivity contribution in [3.05, 3.63) is 102 Å². The molecule has 0 radical (unpaired) electrons. The SMILES string of the molecule is O=C(CN1CCN(Cc2c(-c3ccc(Cl)cc3)nc3ccc(-c4ccccc4)cn23)CC1)c1cn[nH]c1. The fourth-order valence-electron chi connectivity index (χ4n) is 4.90. The Balaban J connectivity index is 1.27. The highest BCUT2D eigenvalue weighted by atomic mass is 35.5. The van der Waals surface area contributed by atoms with Gasteiger partial charge in [0.25, 0.3) is 0 Å². The van der Waals surface area contributed by atoms with Crippen molar-refractivity contribution < 1.29 is 4.79 Å². The van der Waals surface area contributed by atoms with Crippen molar-refractivity contribution in [1.82, 2.24) is 29.4 Å². The second-order valence-electron chi connectivity index (χ2n) is 9.39. The molecule has 0 amide bonds. The molecule has 0 spiro atoms. The molecule has 0 aliphatic carbocycles. The summed E-state index contributed by atoms with van der Waals surface area (Å²) in [6.07, 6.45) is 5.43. The Kier molecular flexibility index (Phi) is 6.57. The molecule has 1 fully saturated rings. The van der Waals surface area contributed by atoms with Gasteiger partial charge >= 0.3 is 0 Å². The van der Waals surface area contributed by atoms with Crippen LogP contribution in [0.15, 0.2) is 85.3 Å². The van der Waals surface area contributed by atoms with Crippen molar-refractivity contribution in [2.75, 3.05) is 32.7 Å². The Labute approximate surface area is 220 Å². The predicted octanol–water partition coefficient (Wildman–Crippen LogP) is 5.05. The molecule has 0 atom stereocenters. The molecule has 5 aromatic rings. The van der Waals surface area contributed by atoms with E-state index in [9.17, 15) is 4.79 Å². The van der Waals surface area contributed by atoms with Gasteiger partial charge in [0.1, 0.15) is 5.65 Å². The third-order valence-electron chi connectivity index (χ3n) is 6.97. The summed E-state index contributed by atoms with van der Waals surface area (Å²) in [6.45, 7) is 4.62. The lowest BCUT2D eigenvalue weighted by Gasteiger charge is -2.34. The second kappa shape index (κ2) is 10.3. The molecule has 8 heteroatoms. The van der Waals surface area contributed by atoms with Crippen LogP contribution in [0.5, 0.6) is 0 Å². The number of pyridine rings is 1. The smallest absolute Gasteiger partial charge is 0.179 e. The van der Waals surface area contributed by atoms with E-state index in [0.717, 1.165) is 60.9 Å². The largest absolute Gasteiger partial charge is 0.301 e. The number of H-pyrrole nitrogens is 1. The molecule has 1 saturated heterocycles. The summed E-state index contributed by atoms with van der Waals surface area (Å²) >= 11 is 6.18. The maximum absolute atomic E-state index is 12.5. The van der Waals surface area contributed by atoms with E-state index in [0.29, 0.717) is 17.1 Å². The zero-order chi connectivity index (χ0) is 25.2. The number of aromatic amines is 1. The first-order valence-corrected chi connectivity index (χ1v) is 12.8. The Bertz CT molecular complexity index is 1500. The highest BCUT2D eigenvalue weighted by Gasteiger charge is 2.23. The molecule has 186 valence electrons. The van der Waals surface area contributed by atoms with E-state index in [1.54, 1.807) is 12.4 Å². The number of benzene rings is 2. The Morgan fingerprint density at radius 1 is 0.865 bits per heavy atom. The van der Waals surface area contributed by atoms with Crippen molar-refractivity contribution >= 4 is 23.0 Å². The van der Waals surface area contributed by atoms with Gasteiger partial charge in [-0.2, -0.15) is 5.10 Å². The number of Topliss-reactive ketones (excluding diaryl/α,β-unsaturated/α-hetero) is 1. The van der Waals surface area contributed by atoms with Crippen molar-refractivity contribution in [1.29, 1.82) is 0 Å². The van der Waals surface area contributed by atoms with Crippen LogP contribution in [0.25, 0.3) is 28.0 Å². The number of halogens is 1. The van der Waals surface area contributed by atoms with Crippen LogP contribution in [0.2, 0.25) is 5.02 Å². The Morgan fingerprint density at radius 2 is 1.59 bits per heavy atom. The van der Waals surface area contributed by atoms with Crippen molar-refractivity contribution in [3.63, 3.8) is 0 Å². The van der Waals surface area contributed by atoms with Gasteiger partial charge < -0.3 is 4.40 Å². The first kappa shape index (κ1) is 23.6. The number of fused-ring (bicyclic) bond motifs is 1. The highest BCUT2D eigenvalue weighted by Crippen LogP contribution is 2.29. The molecule has 1 N–H and O–H groups in total. The third kappa shape index (κ3) is 5.06. The lowest BCUT2D eigenvalue weighted by molar-refractivity contribution is 0.0842. The zero-order valence-electron chi connectivity index (χ0n) is 20.3. The molecule has 37 heavy (non-hydrogen) atoms. The number of carbonyl (C=O) groups is 1. The molecule has 6 rings (SSSR count). The van der Waals surface area contributed by atoms with Crippen LogP contribution in [0.4, 0.5) is 0 Å². The number of hydrogen-bond donors (Lipinski definition) is 1. The number of carbonyl (C=O) groups excluding carboxylic acids is 1. The average Bonchev–Trinajstić information content (AvgIpc) is 3.60. The molecule has 0 unspecified atom stereocenters. The molecule has 7 nitrogen and oxygen atoms in total. The molecule has 1 aliphatic heterocycles.